The Labute approximate surface area is 122 Å². The molecular formula is C12H12Br2N2S. The summed E-state index contributed by atoms with van der Waals surface area (Å²) < 4.78 is 2.12. The maximum atomic E-state index is 4.50. The lowest BCUT2D eigenvalue weighted by molar-refractivity contribution is 1.07. The van der Waals surface area contributed by atoms with Crippen molar-refractivity contribution in [3.8, 4) is 0 Å². The molecule has 0 fully saturated rings. The average Bonchev–Trinajstić information content (AvgIpc) is 2.57. The van der Waals surface area contributed by atoms with E-state index in [4.69, 9.17) is 0 Å². The van der Waals surface area contributed by atoms with Gasteiger partial charge < -0.3 is 5.32 Å². The van der Waals surface area contributed by atoms with Gasteiger partial charge in [0.15, 0.2) is 0 Å². The Morgan fingerprint density at radius 2 is 2.06 bits per heavy atom. The van der Waals surface area contributed by atoms with Gasteiger partial charge in [-0.3, -0.25) is 0 Å². The second kappa shape index (κ2) is 5.50. The predicted molar refractivity (Wildman–Crippen MR) is 80.8 cm³/mol. The summed E-state index contributed by atoms with van der Waals surface area (Å²) in [5.74, 6) is 0. The summed E-state index contributed by atoms with van der Waals surface area (Å²) in [5.41, 5.74) is 2.21. The highest BCUT2D eigenvalue weighted by Gasteiger charge is 2.05. The highest BCUT2D eigenvalue weighted by atomic mass is 79.9. The van der Waals surface area contributed by atoms with Gasteiger partial charge in [-0.05, 0) is 48.0 Å². The molecule has 0 radical (unpaired) electrons. The summed E-state index contributed by atoms with van der Waals surface area (Å²) in [6.07, 6.45) is 0. The highest BCUT2D eigenvalue weighted by Crippen LogP contribution is 2.27. The molecule has 0 saturated heterocycles. The van der Waals surface area contributed by atoms with E-state index in [1.807, 2.05) is 25.1 Å². The lowest BCUT2D eigenvalue weighted by Crippen LogP contribution is -1.99. The molecule has 1 heterocycles. The first-order valence-electron chi connectivity index (χ1n) is 5.18. The third-order valence-corrected chi connectivity index (χ3v) is 4.66. The number of hydrogen-bond acceptors (Lipinski definition) is 3. The van der Waals surface area contributed by atoms with E-state index in [-0.39, 0.29) is 0 Å². The molecule has 0 aliphatic rings. The Morgan fingerprint density at radius 1 is 1.29 bits per heavy atom. The van der Waals surface area contributed by atoms with Crippen molar-refractivity contribution in [2.45, 2.75) is 20.4 Å². The van der Waals surface area contributed by atoms with Crippen molar-refractivity contribution in [2.24, 2.45) is 0 Å². The summed E-state index contributed by atoms with van der Waals surface area (Å²) >= 11 is 8.71. The van der Waals surface area contributed by atoms with Crippen LogP contribution in [0.25, 0.3) is 0 Å². The van der Waals surface area contributed by atoms with Gasteiger partial charge in [0.05, 0.1) is 12.2 Å². The first-order chi connectivity index (χ1) is 8.06. The van der Waals surface area contributed by atoms with Crippen LogP contribution in [-0.4, -0.2) is 4.98 Å². The second-order valence-corrected chi connectivity index (χ2v) is 6.78. The molecule has 90 valence electrons. The van der Waals surface area contributed by atoms with E-state index in [1.165, 1.54) is 4.88 Å². The molecule has 0 unspecified atom stereocenters. The predicted octanol–water partition coefficient (Wildman–Crippen LogP) is 4.90. The van der Waals surface area contributed by atoms with E-state index in [9.17, 15) is 0 Å². The molecule has 17 heavy (non-hydrogen) atoms. The summed E-state index contributed by atoms with van der Waals surface area (Å²) in [4.78, 5) is 5.79. The van der Waals surface area contributed by atoms with Gasteiger partial charge in [-0.1, -0.05) is 15.9 Å². The quantitative estimate of drug-likeness (QED) is 0.825. The molecule has 1 aromatic carbocycles. The topological polar surface area (TPSA) is 24.9 Å². The Morgan fingerprint density at radius 3 is 2.65 bits per heavy atom. The molecule has 0 saturated carbocycles. The molecule has 0 amide bonds. The number of aryl methyl sites for hydroxylation is 2. The molecule has 1 aromatic heterocycles. The van der Waals surface area contributed by atoms with E-state index in [0.29, 0.717) is 0 Å². The standard InChI is InChI=1S/C12H12Br2N2S/c1-7-8(2)17-12(16-7)6-15-11-4-3-9(13)5-10(11)14/h3-5,15H,6H2,1-2H3. The monoisotopic (exact) mass is 374 g/mol. The van der Waals surface area contributed by atoms with Crippen molar-refractivity contribution in [1.29, 1.82) is 0 Å². The Kier molecular flexibility index (Phi) is 4.22. The maximum absolute atomic E-state index is 4.50. The smallest absolute Gasteiger partial charge is 0.112 e. The molecule has 2 aromatic rings. The molecular weight excluding hydrogens is 364 g/mol. The highest BCUT2D eigenvalue weighted by molar-refractivity contribution is 9.11. The number of rotatable bonds is 3. The first kappa shape index (κ1) is 13.1. The van der Waals surface area contributed by atoms with Gasteiger partial charge in [-0.15, -0.1) is 11.3 Å². The number of benzene rings is 1. The molecule has 0 spiro atoms. The van der Waals surface area contributed by atoms with E-state index < -0.39 is 0 Å². The van der Waals surface area contributed by atoms with Crippen LogP contribution in [0, 0.1) is 13.8 Å². The van der Waals surface area contributed by atoms with Crippen molar-refractivity contribution in [3.05, 3.63) is 42.7 Å². The number of hydrogen-bond donors (Lipinski definition) is 1. The minimum absolute atomic E-state index is 0.763. The van der Waals surface area contributed by atoms with Crippen LogP contribution in [0.4, 0.5) is 5.69 Å². The van der Waals surface area contributed by atoms with Crippen molar-refractivity contribution in [3.63, 3.8) is 0 Å². The number of halogens is 2. The number of thiazole rings is 1. The van der Waals surface area contributed by atoms with Crippen LogP contribution in [0.1, 0.15) is 15.6 Å². The minimum atomic E-state index is 0.763. The van der Waals surface area contributed by atoms with E-state index >= 15 is 0 Å². The molecule has 2 nitrogen and oxygen atoms in total. The zero-order valence-corrected chi connectivity index (χ0v) is 13.5. The third-order valence-electron chi connectivity index (χ3n) is 2.43. The van der Waals surface area contributed by atoms with Crippen LogP contribution in [0.15, 0.2) is 27.1 Å². The largest absolute Gasteiger partial charge is 0.378 e. The summed E-state index contributed by atoms with van der Waals surface area (Å²) in [6, 6.07) is 6.09. The van der Waals surface area contributed by atoms with E-state index in [0.717, 1.165) is 31.9 Å². The first-order valence-corrected chi connectivity index (χ1v) is 7.58. The maximum Gasteiger partial charge on any atom is 0.112 e. The fourth-order valence-electron chi connectivity index (χ4n) is 1.42. The number of nitrogens with one attached hydrogen (secondary N) is 1. The minimum Gasteiger partial charge on any atom is -0.378 e. The zero-order chi connectivity index (χ0) is 12.4. The van der Waals surface area contributed by atoms with Crippen LogP contribution < -0.4 is 5.32 Å². The summed E-state index contributed by atoms with van der Waals surface area (Å²) in [7, 11) is 0. The van der Waals surface area contributed by atoms with Gasteiger partial charge in [0, 0.05) is 19.5 Å². The van der Waals surface area contributed by atoms with Gasteiger partial charge in [0.1, 0.15) is 5.01 Å². The van der Waals surface area contributed by atoms with Crippen LogP contribution in [0.2, 0.25) is 0 Å². The lowest BCUT2D eigenvalue weighted by atomic mass is 10.3. The molecule has 0 aliphatic heterocycles. The summed E-state index contributed by atoms with van der Waals surface area (Å²) in [6.45, 7) is 4.91. The van der Waals surface area contributed by atoms with Gasteiger partial charge in [0.2, 0.25) is 0 Å². The molecule has 0 bridgehead atoms. The number of aromatic nitrogens is 1. The SMILES string of the molecule is Cc1nc(CNc2ccc(Br)cc2Br)sc1C. The molecule has 2 rings (SSSR count). The number of nitrogens with zero attached hydrogens (tertiary/aromatic N) is 1. The Balaban J connectivity index is 2.07. The van der Waals surface area contributed by atoms with E-state index in [1.54, 1.807) is 11.3 Å². The van der Waals surface area contributed by atoms with Crippen molar-refractivity contribution >= 4 is 48.9 Å². The lowest BCUT2D eigenvalue weighted by Gasteiger charge is -2.06. The Hall–Kier alpha value is -0.390. The normalized spacial score (nSPS) is 10.6. The van der Waals surface area contributed by atoms with Gasteiger partial charge in [-0.25, -0.2) is 4.98 Å². The van der Waals surface area contributed by atoms with Crippen LogP contribution in [0.3, 0.4) is 0 Å². The van der Waals surface area contributed by atoms with Crippen molar-refractivity contribution in [2.75, 3.05) is 5.32 Å². The van der Waals surface area contributed by atoms with Crippen LogP contribution in [-0.2, 0) is 6.54 Å². The molecule has 5 heteroatoms. The Bertz CT molecular complexity index is 518. The molecule has 0 atom stereocenters. The number of anilines is 1. The second-order valence-electron chi connectivity index (χ2n) is 3.73. The third kappa shape index (κ3) is 3.30. The van der Waals surface area contributed by atoms with Gasteiger partial charge in [-0.2, -0.15) is 0 Å². The fraction of sp³-hybridized carbons (Fsp3) is 0.250. The molecule has 0 aliphatic carbocycles. The summed E-state index contributed by atoms with van der Waals surface area (Å²) in [5, 5.41) is 4.50. The van der Waals surface area contributed by atoms with Gasteiger partial charge >= 0.3 is 0 Å². The van der Waals surface area contributed by atoms with Crippen molar-refractivity contribution in [1.82, 2.24) is 4.98 Å². The van der Waals surface area contributed by atoms with Crippen molar-refractivity contribution < 1.29 is 0 Å². The molecule has 1 N–H and O–H groups in total. The zero-order valence-electron chi connectivity index (χ0n) is 9.55. The average molecular weight is 376 g/mol. The van der Waals surface area contributed by atoms with E-state index in [2.05, 4.69) is 49.1 Å². The fourth-order valence-corrected chi connectivity index (χ4v) is 3.48. The van der Waals surface area contributed by atoms with Gasteiger partial charge in [0.25, 0.3) is 0 Å². The van der Waals surface area contributed by atoms with Crippen LogP contribution >= 0.6 is 43.2 Å². The van der Waals surface area contributed by atoms with Crippen LogP contribution in [0.5, 0.6) is 0 Å².